The van der Waals surface area contributed by atoms with Gasteiger partial charge in [-0.05, 0) is 251 Å². The summed E-state index contributed by atoms with van der Waals surface area (Å²) in [6.45, 7) is 28.8. The molecule has 0 heteroatoms. The van der Waals surface area contributed by atoms with E-state index in [4.69, 9.17) is 0 Å². The zero-order valence-electron chi connectivity index (χ0n) is 42.4. The van der Waals surface area contributed by atoms with E-state index in [0.29, 0.717) is 21.7 Å². The Kier molecular flexibility index (Phi) is 14.3. The number of fused-ring (bicyclic) bond motifs is 10. The van der Waals surface area contributed by atoms with Crippen LogP contribution < -0.4 is 0 Å². The lowest BCUT2D eigenvalue weighted by Crippen LogP contribution is -2.55. The van der Waals surface area contributed by atoms with Gasteiger partial charge >= 0.3 is 0 Å². The van der Waals surface area contributed by atoms with Crippen molar-refractivity contribution in [1.29, 1.82) is 0 Å². The lowest BCUT2D eigenvalue weighted by Gasteiger charge is -2.63. The topological polar surface area (TPSA) is 0 Å². The van der Waals surface area contributed by atoms with E-state index in [9.17, 15) is 0 Å². The Hall–Kier alpha value is -0.260. The Morgan fingerprint density at radius 3 is 1.28 bits per heavy atom. The molecule has 0 aromatic carbocycles. The molecule has 8 rings (SSSR count). The van der Waals surface area contributed by atoms with Crippen LogP contribution in [0.4, 0.5) is 0 Å². The van der Waals surface area contributed by atoms with Crippen LogP contribution in [0.3, 0.4) is 0 Å². The molecule has 0 saturated heterocycles. The van der Waals surface area contributed by atoms with Gasteiger partial charge in [0.05, 0.1) is 0 Å². The fourth-order valence-corrected chi connectivity index (χ4v) is 20.6. The van der Waals surface area contributed by atoms with Crippen molar-refractivity contribution in [2.75, 3.05) is 0 Å². The highest BCUT2D eigenvalue weighted by molar-refractivity contribution is 5.13. The Balaban J connectivity index is 0.907. The second-order valence-electron chi connectivity index (χ2n) is 27.2. The summed E-state index contributed by atoms with van der Waals surface area (Å²) in [6.07, 6.45) is 44.7. The largest absolute Gasteiger partial charge is 0.0888 e. The average molecular weight is 825 g/mol. The summed E-state index contributed by atoms with van der Waals surface area (Å²) < 4.78 is 0. The standard InChI is InChI=1S/C60H104/c1-12-13-14-21-48(44-30-34-57(8)46(38-44)22-24-49-53-28-26-51(42(6)19-15-17-40(2)3)59(53,10)36-32-55(49)57)45-31-35-58(9)47(39-45)23-25-50-54-29-27-52(43(7)20-16-18-41(4)5)60(54,11)37-33-56(50)58/h13-14,40-56H,12,15-39H2,1-11H3/t42-,43-,44-,45+,46?,47?,48?,49?,50?,51-,52-,53?,54?,55?,56?,57+,58+,59-,60-/m1/s1. The molecule has 0 bridgehead atoms. The van der Waals surface area contributed by atoms with Gasteiger partial charge in [-0.15, -0.1) is 0 Å². The van der Waals surface area contributed by atoms with Gasteiger partial charge in [0.2, 0.25) is 0 Å². The van der Waals surface area contributed by atoms with Crippen molar-refractivity contribution >= 4 is 0 Å². The van der Waals surface area contributed by atoms with E-state index >= 15 is 0 Å². The summed E-state index contributed by atoms with van der Waals surface area (Å²) in [6, 6.07) is 0. The molecule has 0 radical (unpaired) electrons. The Morgan fingerprint density at radius 2 is 0.867 bits per heavy atom. The Bertz CT molecular complexity index is 1320. The number of rotatable bonds is 15. The van der Waals surface area contributed by atoms with Gasteiger partial charge in [-0.2, -0.15) is 0 Å². The molecule has 344 valence electrons. The second kappa shape index (κ2) is 18.6. The van der Waals surface area contributed by atoms with Gasteiger partial charge in [-0.1, -0.05) is 127 Å². The third-order valence-electron chi connectivity index (χ3n) is 23.8. The van der Waals surface area contributed by atoms with Gasteiger partial charge in [-0.3, -0.25) is 0 Å². The lowest BCUT2D eigenvalue weighted by molar-refractivity contribution is -0.136. The van der Waals surface area contributed by atoms with E-state index in [2.05, 4.69) is 88.3 Å². The number of allylic oxidation sites excluding steroid dienone is 2. The highest BCUT2D eigenvalue weighted by Gasteiger charge is 2.63. The predicted molar refractivity (Wildman–Crippen MR) is 261 cm³/mol. The normalized spacial score (nSPS) is 47.9. The molecule has 0 amide bonds. The molecule has 19 atom stereocenters. The summed E-state index contributed by atoms with van der Waals surface area (Å²) in [5.41, 5.74) is 2.50. The molecule has 0 aromatic heterocycles. The summed E-state index contributed by atoms with van der Waals surface area (Å²) in [5, 5.41) is 0. The van der Waals surface area contributed by atoms with Gasteiger partial charge < -0.3 is 0 Å². The third kappa shape index (κ3) is 8.40. The van der Waals surface area contributed by atoms with Crippen molar-refractivity contribution in [3.63, 3.8) is 0 Å². The minimum atomic E-state index is 0.621. The molecule has 0 aliphatic heterocycles. The summed E-state index contributed by atoms with van der Waals surface area (Å²) in [5.74, 6) is 16.7. The fraction of sp³-hybridized carbons (Fsp3) is 0.967. The Labute approximate surface area is 376 Å². The zero-order chi connectivity index (χ0) is 42.6. The van der Waals surface area contributed by atoms with Gasteiger partial charge in [0.15, 0.2) is 0 Å². The van der Waals surface area contributed by atoms with Crippen LogP contribution in [0.1, 0.15) is 243 Å². The quantitative estimate of drug-likeness (QED) is 0.144. The molecule has 8 fully saturated rings. The molecule has 60 heavy (non-hydrogen) atoms. The molecular weight excluding hydrogens is 721 g/mol. The first kappa shape index (κ1) is 46.3. The first-order chi connectivity index (χ1) is 28.6. The van der Waals surface area contributed by atoms with Crippen molar-refractivity contribution in [3.8, 4) is 0 Å². The summed E-state index contributed by atoms with van der Waals surface area (Å²) in [4.78, 5) is 0. The highest BCUT2D eigenvalue weighted by Crippen LogP contribution is 2.71. The van der Waals surface area contributed by atoms with Crippen molar-refractivity contribution in [3.05, 3.63) is 12.2 Å². The first-order valence-corrected chi connectivity index (χ1v) is 28.3. The van der Waals surface area contributed by atoms with Crippen LogP contribution in [0, 0.1) is 122 Å². The molecule has 8 aliphatic carbocycles. The van der Waals surface area contributed by atoms with Crippen LogP contribution in [0.5, 0.6) is 0 Å². The van der Waals surface area contributed by atoms with Gasteiger partial charge in [-0.25, -0.2) is 0 Å². The van der Waals surface area contributed by atoms with Gasteiger partial charge in [0, 0.05) is 0 Å². The minimum absolute atomic E-state index is 0.621. The van der Waals surface area contributed by atoms with E-state index in [1.165, 1.54) is 51.4 Å². The van der Waals surface area contributed by atoms with Gasteiger partial charge in [0.1, 0.15) is 0 Å². The SMILES string of the molecule is CCC=CCC([C@@H]1CC[C@@]2(C)C(CCC3C2CC[C@@]2(C)C3CC[C@@H]2[C@H](C)CCCC(C)C)C1)[C@H]1CC[C@@]2(C)C(CCC3C2CC[C@@]2(C)C3CC[C@@H]2[C@H](C)CCCC(C)C)C1. The molecule has 8 saturated carbocycles. The van der Waals surface area contributed by atoms with E-state index in [1.54, 1.807) is 116 Å². The molecular formula is C60H104. The van der Waals surface area contributed by atoms with Crippen LogP contribution in [-0.4, -0.2) is 0 Å². The van der Waals surface area contributed by atoms with E-state index in [0.717, 1.165) is 101 Å². The molecule has 9 unspecified atom stereocenters. The van der Waals surface area contributed by atoms with Crippen LogP contribution in [0.25, 0.3) is 0 Å². The molecule has 0 aromatic rings. The molecule has 0 nitrogen and oxygen atoms in total. The average Bonchev–Trinajstić information content (AvgIpc) is 3.76. The van der Waals surface area contributed by atoms with Crippen molar-refractivity contribution in [2.45, 2.75) is 243 Å². The van der Waals surface area contributed by atoms with Crippen LogP contribution >= 0.6 is 0 Å². The highest BCUT2D eigenvalue weighted by atomic mass is 14.7. The lowest BCUT2D eigenvalue weighted by atomic mass is 9.42. The van der Waals surface area contributed by atoms with E-state index in [-0.39, 0.29) is 0 Å². The van der Waals surface area contributed by atoms with Crippen LogP contribution in [0.15, 0.2) is 12.2 Å². The summed E-state index contributed by atoms with van der Waals surface area (Å²) in [7, 11) is 0. The smallest absolute Gasteiger partial charge is 0.0264 e. The maximum absolute atomic E-state index is 2.88. The van der Waals surface area contributed by atoms with Crippen molar-refractivity contribution in [2.24, 2.45) is 122 Å². The van der Waals surface area contributed by atoms with E-state index < -0.39 is 0 Å². The fourth-order valence-electron chi connectivity index (χ4n) is 20.6. The van der Waals surface area contributed by atoms with Crippen molar-refractivity contribution in [1.82, 2.24) is 0 Å². The van der Waals surface area contributed by atoms with Crippen LogP contribution in [-0.2, 0) is 0 Å². The number of hydrogen-bond donors (Lipinski definition) is 0. The molecule has 0 N–H and O–H groups in total. The summed E-state index contributed by atoms with van der Waals surface area (Å²) >= 11 is 0. The third-order valence-corrected chi connectivity index (χ3v) is 23.8. The Morgan fingerprint density at radius 1 is 0.450 bits per heavy atom. The maximum Gasteiger partial charge on any atom is -0.0264 e. The van der Waals surface area contributed by atoms with E-state index in [1.807, 2.05) is 0 Å². The zero-order valence-corrected chi connectivity index (χ0v) is 42.4. The molecule has 0 heterocycles. The maximum atomic E-state index is 2.88. The minimum Gasteiger partial charge on any atom is -0.0888 e. The first-order valence-electron chi connectivity index (χ1n) is 28.3. The van der Waals surface area contributed by atoms with Crippen molar-refractivity contribution < 1.29 is 0 Å². The number of hydrogen-bond acceptors (Lipinski definition) is 0. The monoisotopic (exact) mass is 825 g/mol. The van der Waals surface area contributed by atoms with Crippen LogP contribution in [0.2, 0.25) is 0 Å². The second-order valence-corrected chi connectivity index (χ2v) is 27.2. The molecule has 0 spiro atoms. The molecule has 8 aliphatic rings. The van der Waals surface area contributed by atoms with Gasteiger partial charge in [0.25, 0.3) is 0 Å². The predicted octanol–water partition coefficient (Wildman–Crippen LogP) is 18.4.